The average molecular weight is 356 g/mol. The number of para-hydroxylation sites is 2. The van der Waals surface area contributed by atoms with Gasteiger partial charge in [0.25, 0.3) is 5.91 Å². The highest BCUT2D eigenvalue weighted by Crippen LogP contribution is 2.28. The Hall–Kier alpha value is -2.73. The summed E-state index contributed by atoms with van der Waals surface area (Å²) in [6.07, 6.45) is 0. The van der Waals surface area contributed by atoms with Gasteiger partial charge in [0.05, 0.1) is 31.7 Å². The van der Waals surface area contributed by atoms with Gasteiger partial charge in [-0.1, -0.05) is 18.2 Å². The number of hydrogen-bond acceptors (Lipinski definition) is 5. The first-order valence-electron chi connectivity index (χ1n) is 8.66. The highest BCUT2D eigenvalue weighted by atomic mass is 16.5. The van der Waals surface area contributed by atoms with Crippen LogP contribution >= 0.6 is 0 Å². The van der Waals surface area contributed by atoms with Crippen LogP contribution in [0.25, 0.3) is 0 Å². The lowest BCUT2D eigenvalue weighted by Crippen LogP contribution is -2.37. The number of carbonyl (C=O) groups is 1. The van der Waals surface area contributed by atoms with E-state index >= 15 is 0 Å². The van der Waals surface area contributed by atoms with E-state index in [1.807, 2.05) is 49.4 Å². The quantitative estimate of drug-likeness (QED) is 0.862. The summed E-state index contributed by atoms with van der Waals surface area (Å²) in [7, 11) is 1.58. The number of nitrogens with zero attached hydrogens (tertiary/aromatic N) is 1. The predicted molar refractivity (Wildman–Crippen MR) is 101 cm³/mol. The molecule has 1 heterocycles. The number of aryl methyl sites for hydroxylation is 1. The zero-order valence-corrected chi connectivity index (χ0v) is 15.2. The summed E-state index contributed by atoms with van der Waals surface area (Å²) < 4.78 is 16.3. The molecule has 2 aromatic rings. The minimum absolute atomic E-state index is 0.0864. The predicted octanol–water partition coefficient (Wildman–Crippen LogP) is 2.86. The minimum atomic E-state index is -0.215. The fourth-order valence-electron chi connectivity index (χ4n) is 2.88. The van der Waals surface area contributed by atoms with Crippen LogP contribution in [0.2, 0.25) is 0 Å². The topological polar surface area (TPSA) is 60.0 Å². The van der Waals surface area contributed by atoms with Gasteiger partial charge >= 0.3 is 0 Å². The van der Waals surface area contributed by atoms with Gasteiger partial charge in [0.2, 0.25) is 0 Å². The lowest BCUT2D eigenvalue weighted by Gasteiger charge is -2.30. The van der Waals surface area contributed by atoms with Crippen molar-refractivity contribution < 1.29 is 19.0 Å². The van der Waals surface area contributed by atoms with E-state index in [4.69, 9.17) is 14.2 Å². The van der Waals surface area contributed by atoms with Crippen molar-refractivity contribution in [3.05, 3.63) is 48.0 Å². The molecule has 1 N–H and O–H groups in total. The second-order valence-corrected chi connectivity index (χ2v) is 6.11. The van der Waals surface area contributed by atoms with Crippen molar-refractivity contribution in [3.8, 4) is 11.5 Å². The van der Waals surface area contributed by atoms with Crippen LogP contribution < -0.4 is 19.7 Å². The number of methoxy groups -OCH3 is 1. The van der Waals surface area contributed by atoms with E-state index in [0.29, 0.717) is 24.7 Å². The number of ether oxygens (including phenoxy) is 3. The van der Waals surface area contributed by atoms with Crippen LogP contribution in [0.1, 0.15) is 5.56 Å². The third kappa shape index (κ3) is 4.46. The molecule has 0 unspecified atom stereocenters. The van der Waals surface area contributed by atoms with E-state index in [1.54, 1.807) is 7.11 Å². The first kappa shape index (κ1) is 18.1. The van der Waals surface area contributed by atoms with Gasteiger partial charge in [0.1, 0.15) is 0 Å². The van der Waals surface area contributed by atoms with E-state index in [-0.39, 0.29) is 12.5 Å². The fourth-order valence-corrected chi connectivity index (χ4v) is 2.88. The van der Waals surface area contributed by atoms with Crippen LogP contribution in [0.3, 0.4) is 0 Å². The molecule has 138 valence electrons. The van der Waals surface area contributed by atoms with E-state index in [1.165, 1.54) is 0 Å². The maximum absolute atomic E-state index is 12.4. The Bertz CT molecular complexity index is 757. The normalized spacial score (nSPS) is 14.0. The molecular weight excluding hydrogens is 332 g/mol. The van der Waals surface area contributed by atoms with Crippen LogP contribution in [-0.4, -0.2) is 45.9 Å². The number of benzene rings is 2. The van der Waals surface area contributed by atoms with Crippen LogP contribution in [0, 0.1) is 6.92 Å². The van der Waals surface area contributed by atoms with Crippen LogP contribution in [-0.2, 0) is 9.53 Å². The zero-order chi connectivity index (χ0) is 18.4. The van der Waals surface area contributed by atoms with E-state index in [9.17, 15) is 4.79 Å². The first-order chi connectivity index (χ1) is 12.7. The Morgan fingerprint density at radius 3 is 2.69 bits per heavy atom. The molecule has 26 heavy (non-hydrogen) atoms. The summed E-state index contributed by atoms with van der Waals surface area (Å²) >= 11 is 0. The van der Waals surface area contributed by atoms with E-state index < -0.39 is 0 Å². The zero-order valence-electron chi connectivity index (χ0n) is 15.2. The van der Waals surface area contributed by atoms with Crippen LogP contribution in [0.4, 0.5) is 11.4 Å². The Balaban J connectivity index is 1.64. The first-order valence-corrected chi connectivity index (χ1v) is 8.66. The van der Waals surface area contributed by atoms with E-state index in [2.05, 4.69) is 10.2 Å². The number of nitrogens with one attached hydrogen (secondary N) is 1. The van der Waals surface area contributed by atoms with Gasteiger partial charge in [-0.25, -0.2) is 0 Å². The van der Waals surface area contributed by atoms with Gasteiger partial charge in [0.15, 0.2) is 18.1 Å². The molecular formula is C20H24N2O4. The van der Waals surface area contributed by atoms with Gasteiger partial charge in [0, 0.05) is 13.1 Å². The summed E-state index contributed by atoms with van der Waals surface area (Å²) in [6.45, 7) is 4.89. The Morgan fingerprint density at radius 1 is 1.15 bits per heavy atom. The van der Waals surface area contributed by atoms with Gasteiger partial charge in [-0.15, -0.1) is 0 Å². The second kappa shape index (κ2) is 8.58. The second-order valence-electron chi connectivity index (χ2n) is 6.11. The molecule has 0 spiro atoms. The maximum atomic E-state index is 12.4. The Kier molecular flexibility index (Phi) is 5.96. The van der Waals surface area contributed by atoms with Crippen molar-refractivity contribution in [2.75, 3.05) is 50.2 Å². The molecule has 0 aromatic heterocycles. The molecule has 0 atom stereocenters. The minimum Gasteiger partial charge on any atom is -0.493 e. The number of morpholine rings is 1. The lowest BCUT2D eigenvalue weighted by atomic mass is 10.2. The van der Waals surface area contributed by atoms with Gasteiger partial charge < -0.3 is 24.4 Å². The molecule has 2 aromatic carbocycles. The summed E-state index contributed by atoms with van der Waals surface area (Å²) in [5.74, 6) is 0.953. The highest BCUT2D eigenvalue weighted by Gasteiger charge is 2.16. The summed E-state index contributed by atoms with van der Waals surface area (Å²) in [5, 5.41) is 2.94. The van der Waals surface area contributed by atoms with Crippen molar-refractivity contribution >= 4 is 17.3 Å². The highest BCUT2D eigenvalue weighted by molar-refractivity contribution is 5.95. The molecule has 6 heteroatoms. The molecule has 0 aliphatic carbocycles. The molecule has 0 bridgehead atoms. The molecule has 1 saturated heterocycles. The van der Waals surface area contributed by atoms with E-state index in [0.717, 1.165) is 30.0 Å². The van der Waals surface area contributed by atoms with Crippen molar-refractivity contribution in [2.24, 2.45) is 0 Å². The van der Waals surface area contributed by atoms with Crippen molar-refractivity contribution in [3.63, 3.8) is 0 Å². The van der Waals surface area contributed by atoms with Crippen molar-refractivity contribution in [2.45, 2.75) is 6.92 Å². The summed E-state index contributed by atoms with van der Waals surface area (Å²) in [6, 6.07) is 13.4. The summed E-state index contributed by atoms with van der Waals surface area (Å²) in [5.41, 5.74) is 2.84. The van der Waals surface area contributed by atoms with Gasteiger partial charge in [-0.3, -0.25) is 4.79 Å². The standard InChI is InChI=1S/C20H24N2O4/c1-15-7-8-18(19(13-15)24-2)26-14-20(23)21-16-5-3-4-6-17(16)22-9-11-25-12-10-22/h3-8,13H,9-12,14H2,1-2H3,(H,21,23). The fraction of sp³-hybridized carbons (Fsp3) is 0.350. The molecule has 6 nitrogen and oxygen atoms in total. The number of hydrogen-bond donors (Lipinski definition) is 1. The van der Waals surface area contributed by atoms with Crippen molar-refractivity contribution in [1.82, 2.24) is 0 Å². The molecule has 1 aliphatic heterocycles. The Labute approximate surface area is 153 Å². The monoisotopic (exact) mass is 356 g/mol. The van der Waals surface area contributed by atoms with Gasteiger partial charge in [-0.05, 0) is 36.8 Å². The third-order valence-corrected chi connectivity index (χ3v) is 4.21. The Morgan fingerprint density at radius 2 is 1.92 bits per heavy atom. The lowest BCUT2D eigenvalue weighted by molar-refractivity contribution is -0.118. The SMILES string of the molecule is COc1cc(C)ccc1OCC(=O)Nc1ccccc1N1CCOCC1. The van der Waals surface area contributed by atoms with Crippen LogP contribution in [0.5, 0.6) is 11.5 Å². The van der Waals surface area contributed by atoms with Crippen molar-refractivity contribution in [1.29, 1.82) is 0 Å². The molecule has 0 radical (unpaired) electrons. The molecule has 1 aliphatic rings. The van der Waals surface area contributed by atoms with Crippen LogP contribution in [0.15, 0.2) is 42.5 Å². The largest absolute Gasteiger partial charge is 0.493 e. The molecule has 0 saturated carbocycles. The maximum Gasteiger partial charge on any atom is 0.262 e. The number of anilines is 2. The average Bonchev–Trinajstić information content (AvgIpc) is 2.68. The summed E-state index contributed by atoms with van der Waals surface area (Å²) in [4.78, 5) is 14.6. The number of carbonyl (C=O) groups excluding carboxylic acids is 1. The molecule has 3 rings (SSSR count). The molecule has 1 fully saturated rings. The van der Waals surface area contributed by atoms with Gasteiger partial charge in [-0.2, -0.15) is 0 Å². The smallest absolute Gasteiger partial charge is 0.262 e. The number of amides is 1. The third-order valence-electron chi connectivity index (χ3n) is 4.21. The molecule has 1 amide bonds. The number of rotatable bonds is 6.